The molecule has 1 aliphatic rings. The van der Waals surface area contributed by atoms with E-state index < -0.39 is 5.97 Å². The molecule has 294 valence electrons. The van der Waals surface area contributed by atoms with Crippen LogP contribution < -0.4 is 9.47 Å². The number of hydrogen-bond donors (Lipinski definition) is 0. The lowest BCUT2D eigenvalue weighted by Crippen LogP contribution is -2.15. The van der Waals surface area contributed by atoms with Crippen LogP contribution in [0.25, 0.3) is 11.1 Å². The number of benzene rings is 3. The summed E-state index contributed by atoms with van der Waals surface area (Å²) in [6.07, 6.45) is 22.7. The molecule has 0 amide bonds. The van der Waals surface area contributed by atoms with E-state index in [0.29, 0.717) is 42.4 Å². The normalized spacial score (nSPS) is 13.6. The molecule has 7 heteroatoms. The van der Waals surface area contributed by atoms with Gasteiger partial charge in [0, 0.05) is 6.42 Å². The molecule has 3 aromatic rings. The molecule has 0 spiro atoms. The van der Waals surface area contributed by atoms with Gasteiger partial charge in [-0.15, -0.1) is 0 Å². The van der Waals surface area contributed by atoms with Crippen molar-refractivity contribution >= 4 is 17.9 Å². The Bertz CT molecular complexity index is 1490. The van der Waals surface area contributed by atoms with Crippen molar-refractivity contribution in [2.24, 2.45) is 5.92 Å². The summed E-state index contributed by atoms with van der Waals surface area (Å²) in [6, 6.07) is 21.9. The predicted octanol–water partition coefficient (Wildman–Crippen LogP) is 12.5. The first kappa shape index (κ1) is 42.6. The third-order valence-corrected chi connectivity index (χ3v) is 10.4. The SMILES string of the molecule is CCCCCC[C@@H](C)OC(=O)c1ccc(OC(=O)c2ccc(-c3ccc(OCCCCCCCCCCCOC(=O)CC4CCCCC4)cc3)cc2)cc1. The van der Waals surface area contributed by atoms with Crippen LogP contribution in [-0.2, 0) is 14.3 Å². The van der Waals surface area contributed by atoms with Crippen molar-refractivity contribution < 1.29 is 33.3 Å². The second-order valence-electron chi connectivity index (χ2n) is 15.0. The smallest absolute Gasteiger partial charge is 0.343 e. The molecule has 0 N–H and O–H groups in total. The average molecular weight is 741 g/mol. The number of ether oxygens (including phenoxy) is 4. The Morgan fingerprint density at radius 2 is 1.11 bits per heavy atom. The van der Waals surface area contributed by atoms with Crippen LogP contribution in [0.2, 0.25) is 0 Å². The lowest BCUT2D eigenvalue weighted by Gasteiger charge is -2.20. The average Bonchev–Trinajstić information content (AvgIpc) is 3.19. The number of esters is 3. The van der Waals surface area contributed by atoms with E-state index in [4.69, 9.17) is 18.9 Å². The van der Waals surface area contributed by atoms with E-state index in [2.05, 4.69) is 6.92 Å². The standard InChI is InChI=1S/C47H64O7/c1-3-4-5-14-19-37(2)53-46(49)42-28-32-44(33-29-42)54-47(50)41-24-22-39(23-25-41)40-26-30-43(31-27-40)51-34-17-11-9-7-6-8-10-12-18-35-52-45(48)36-38-20-15-13-16-21-38/h22-33,37-38H,3-21,34-36H2,1-2H3/t37-/m1/s1. The van der Waals surface area contributed by atoms with Crippen molar-refractivity contribution in [1.82, 2.24) is 0 Å². The Labute approximate surface area is 324 Å². The quantitative estimate of drug-likeness (QED) is 0.0485. The first-order chi connectivity index (χ1) is 26.4. The van der Waals surface area contributed by atoms with Crippen LogP contribution in [0, 0.1) is 5.92 Å². The molecule has 1 atom stereocenters. The van der Waals surface area contributed by atoms with Crippen molar-refractivity contribution in [1.29, 1.82) is 0 Å². The van der Waals surface area contributed by atoms with Crippen LogP contribution >= 0.6 is 0 Å². The van der Waals surface area contributed by atoms with Gasteiger partial charge in [0.15, 0.2) is 0 Å². The maximum Gasteiger partial charge on any atom is 0.343 e. The molecular formula is C47H64O7. The van der Waals surface area contributed by atoms with Gasteiger partial charge in [-0.25, -0.2) is 9.59 Å². The van der Waals surface area contributed by atoms with E-state index in [0.717, 1.165) is 55.4 Å². The van der Waals surface area contributed by atoms with Crippen molar-refractivity contribution in [3.63, 3.8) is 0 Å². The van der Waals surface area contributed by atoms with Crippen LogP contribution in [0.15, 0.2) is 72.8 Å². The fraction of sp³-hybridized carbons (Fsp3) is 0.553. The minimum Gasteiger partial charge on any atom is -0.494 e. The molecule has 3 aromatic carbocycles. The molecule has 0 heterocycles. The van der Waals surface area contributed by atoms with E-state index in [1.54, 1.807) is 36.4 Å². The van der Waals surface area contributed by atoms with Crippen molar-refractivity contribution in [2.45, 2.75) is 148 Å². The summed E-state index contributed by atoms with van der Waals surface area (Å²) in [5.41, 5.74) is 2.91. The first-order valence-corrected chi connectivity index (χ1v) is 20.9. The maximum atomic E-state index is 12.8. The largest absolute Gasteiger partial charge is 0.494 e. The van der Waals surface area contributed by atoms with E-state index in [1.165, 1.54) is 83.5 Å². The zero-order chi connectivity index (χ0) is 38.2. The van der Waals surface area contributed by atoms with E-state index >= 15 is 0 Å². The summed E-state index contributed by atoms with van der Waals surface area (Å²) in [5, 5.41) is 0. The maximum absolute atomic E-state index is 12.8. The number of carbonyl (C=O) groups excluding carboxylic acids is 3. The highest BCUT2D eigenvalue weighted by Gasteiger charge is 2.18. The Morgan fingerprint density at radius 1 is 0.593 bits per heavy atom. The molecule has 0 saturated heterocycles. The van der Waals surface area contributed by atoms with Gasteiger partial charge >= 0.3 is 17.9 Å². The second-order valence-corrected chi connectivity index (χ2v) is 15.0. The minimum atomic E-state index is -0.461. The number of unbranched alkanes of at least 4 members (excludes halogenated alkanes) is 11. The lowest BCUT2D eigenvalue weighted by molar-refractivity contribution is -0.145. The van der Waals surface area contributed by atoms with Gasteiger partial charge in [-0.1, -0.05) is 115 Å². The summed E-state index contributed by atoms with van der Waals surface area (Å²) in [4.78, 5) is 37.3. The van der Waals surface area contributed by atoms with Crippen LogP contribution in [0.1, 0.15) is 163 Å². The molecule has 7 nitrogen and oxygen atoms in total. The highest BCUT2D eigenvalue weighted by Crippen LogP contribution is 2.27. The topological polar surface area (TPSA) is 88.1 Å². The Kier molecular flexibility index (Phi) is 19.8. The zero-order valence-electron chi connectivity index (χ0n) is 33.0. The molecular weight excluding hydrogens is 677 g/mol. The Hall–Kier alpha value is -4.13. The number of hydrogen-bond acceptors (Lipinski definition) is 7. The Morgan fingerprint density at radius 3 is 1.74 bits per heavy atom. The second kappa shape index (κ2) is 25.0. The fourth-order valence-electron chi connectivity index (χ4n) is 7.04. The van der Waals surface area contributed by atoms with Crippen LogP contribution in [-0.4, -0.2) is 37.2 Å². The van der Waals surface area contributed by atoms with Gasteiger partial charge in [0.25, 0.3) is 0 Å². The molecule has 1 aliphatic carbocycles. The third-order valence-electron chi connectivity index (χ3n) is 10.4. The fourth-order valence-corrected chi connectivity index (χ4v) is 7.04. The highest BCUT2D eigenvalue weighted by atomic mass is 16.5. The molecule has 4 rings (SSSR count). The highest BCUT2D eigenvalue weighted by molar-refractivity contribution is 5.92. The van der Waals surface area contributed by atoms with Crippen LogP contribution in [0.5, 0.6) is 11.5 Å². The van der Waals surface area contributed by atoms with Crippen LogP contribution in [0.3, 0.4) is 0 Å². The predicted molar refractivity (Wildman–Crippen MR) is 216 cm³/mol. The molecule has 54 heavy (non-hydrogen) atoms. The molecule has 1 fully saturated rings. The Balaban J connectivity index is 1.03. The van der Waals surface area contributed by atoms with E-state index in [1.807, 2.05) is 43.3 Å². The summed E-state index contributed by atoms with van der Waals surface area (Å²) >= 11 is 0. The van der Waals surface area contributed by atoms with Gasteiger partial charge in [-0.05, 0) is 111 Å². The van der Waals surface area contributed by atoms with Gasteiger partial charge in [0.1, 0.15) is 11.5 Å². The van der Waals surface area contributed by atoms with E-state index in [-0.39, 0.29) is 18.0 Å². The van der Waals surface area contributed by atoms with Crippen molar-refractivity contribution in [3.8, 4) is 22.6 Å². The molecule has 0 radical (unpaired) electrons. The summed E-state index contributed by atoms with van der Waals surface area (Å²) < 4.78 is 22.6. The summed E-state index contributed by atoms with van der Waals surface area (Å²) in [6.45, 7) is 5.39. The monoisotopic (exact) mass is 740 g/mol. The van der Waals surface area contributed by atoms with Crippen molar-refractivity contribution in [3.05, 3.63) is 83.9 Å². The molecule has 1 saturated carbocycles. The van der Waals surface area contributed by atoms with Crippen LogP contribution in [0.4, 0.5) is 0 Å². The van der Waals surface area contributed by atoms with E-state index in [9.17, 15) is 14.4 Å². The summed E-state index contributed by atoms with van der Waals surface area (Å²) in [5.74, 6) is 0.960. The van der Waals surface area contributed by atoms with Gasteiger partial charge in [-0.3, -0.25) is 4.79 Å². The molecule has 0 bridgehead atoms. The lowest BCUT2D eigenvalue weighted by atomic mass is 9.87. The number of carbonyl (C=O) groups is 3. The first-order valence-electron chi connectivity index (χ1n) is 20.9. The van der Waals surface area contributed by atoms with Gasteiger partial charge in [-0.2, -0.15) is 0 Å². The van der Waals surface area contributed by atoms with Gasteiger partial charge < -0.3 is 18.9 Å². The molecule has 0 unspecified atom stereocenters. The third kappa shape index (κ3) is 16.5. The van der Waals surface area contributed by atoms with Crippen molar-refractivity contribution in [2.75, 3.05) is 13.2 Å². The van der Waals surface area contributed by atoms with Gasteiger partial charge in [0.05, 0.1) is 30.4 Å². The number of rotatable bonds is 25. The zero-order valence-corrected chi connectivity index (χ0v) is 33.0. The minimum absolute atomic E-state index is 0.00674. The van der Waals surface area contributed by atoms with Gasteiger partial charge in [0.2, 0.25) is 0 Å². The molecule has 0 aliphatic heterocycles. The summed E-state index contributed by atoms with van der Waals surface area (Å²) in [7, 11) is 0. The molecule has 0 aromatic heterocycles.